The summed E-state index contributed by atoms with van der Waals surface area (Å²) in [5, 5.41) is 0. The topological polar surface area (TPSA) is 52.3 Å². The third-order valence-corrected chi connectivity index (χ3v) is 3.80. The Bertz CT molecular complexity index is 391. The van der Waals surface area contributed by atoms with Gasteiger partial charge in [0.15, 0.2) is 0 Å². The second-order valence-corrected chi connectivity index (χ2v) is 5.18. The second-order valence-electron chi connectivity index (χ2n) is 5.18. The zero-order valence-electron chi connectivity index (χ0n) is 12.7. The molecule has 0 bridgehead atoms. The van der Waals surface area contributed by atoms with Gasteiger partial charge in [-0.25, -0.2) is 0 Å². The van der Waals surface area contributed by atoms with E-state index in [2.05, 4.69) is 6.92 Å². The summed E-state index contributed by atoms with van der Waals surface area (Å²) in [7, 11) is 0. The minimum atomic E-state index is -0.689. The van der Waals surface area contributed by atoms with Gasteiger partial charge in [-0.05, 0) is 18.9 Å². The Labute approximate surface area is 122 Å². The number of benzene rings is 1. The zero-order chi connectivity index (χ0) is 14.8. The van der Waals surface area contributed by atoms with Crippen LogP contribution < -0.4 is 5.73 Å². The maximum absolute atomic E-state index is 12.5. The molecular weight excluding hydrogens is 250 g/mol. The summed E-state index contributed by atoms with van der Waals surface area (Å²) in [6, 6.07) is 9.80. The van der Waals surface area contributed by atoms with Crippen molar-refractivity contribution >= 4 is 5.97 Å². The van der Waals surface area contributed by atoms with Crippen LogP contribution in [0.3, 0.4) is 0 Å². The fourth-order valence-corrected chi connectivity index (χ4v) is 2.55. The van der Waals surface area contributed by atoms with Crippen LogP contribution in [0.15, 0.2) is 30.3 Å². The average molecular weight is 277 g/mol. The van der Waals surface area contributed by atoms with Crippen LogP contribution in [0.1, 0.15) is 51.5 Å². The van der Waals surface area contributed by atoms with E-state index in [0.717, 1.165) is 24.8 Å². The van der Waals surface area contributed by atoms with Crippen molar-refractivity contribution in [3.05, 3.63) is 35.9 Å². The van der Waals surface area contributed by atoms with E-state index in [0.29, 0.717) is 13.2 Å². The Hall–Kier alpha value is -1.35. The van der Waals surface area contributed by atoms with Crippen LogP contribution in [0.25, 0.3) is 0 Å². The van der Waals surface area contributed by atoms with Gasteiger partial charge in [0.2, 0.25) is 0 Å². The Morgan fingerprint density at radius 1 is 1.15 bits per heavy atom. The average Bonchev–Trinajstić information content (AvgIpc) is 2.49. The zero-order valence-corrected chi connectivity index (χ0v) is 12.7. The molecule has 0 fully saturated rings. The highest BCUT2D eigenvalue weighted by molar-refractivity contribution is 5.83. The first-order chi connectivity index (χ1) is 9.71. The highest BCUT2D eigenvalue weighted by Crippen LogP contribution is 2.31. The van der Waals surface area contributed by atoms with Crippen molar-refractivity contribution < 1.29 is 9.53 Å². The van der Waals surface area contributed by atoms with Gasteiger partial charge >= 0.3 is 5.97 Å². The third-order valence-electron chi connectivity index (χ3n) is 3.80. The Morgan fingerprint density at radius 3 is 2.40 bits per heavy atom. The highest BCUT2D eigenvalue weighted by Gasteiger charge is 2.39. The lowest BCUT2D eigenvalue weighted by Gasteiger charge is -2.30. The molecule has 1 aromatic rings. The summed E-state index contributed by atoms with van der Waals surface area (Å²) >= 11 is 0. The highest BCUT2D eigenvalue weighted by atomic mass is 16.5. The van der Waals surface area contributed by atoms with Crippen LogP contribution in [0.2, 0.25) is 0 Å². The molecule has 0 aromatic heterocycles. The van der Waals surface area contributed by atoms with Crippen molar-refractivity contribution in [3.8, 4) is 0 Å². The van der Waals surface area contributed by atoms with Crippen LogP contribution in [-0.4, -0.2) is 19.1 Å². The van der Waals surface area contributed by atoms with Gasteiger partial charge < -0.3 is 10.5 Å². The van der Waals surface area contributed by atoms with Gasteiger partial charge in [-0.3, -0.25) is 4.79 Å². The quantitative estimate of drug-likeness (QED) is 0.556. The molecule has 0 saturated carbocycles. The first-order valence-electron chi connectivity index (χ1n) is 7.64. The Kier molecular flexibility index (Phi) is 7.31. The molecule has 20 heavy (non-hydrogen) atoms. The molecule has 0 heterocycles. The molecule has 3 heteroatoms. The molecule has 0 amide bonds. The van der Waals surface area contributed by atoms with E-state index >= 15 is 0 Å². The molecule has 2 N–H and O–H groups in total. The van der Waals surface area contributed by atoms with Gasteiger partial charge in [-0.2, -0.15) is 0 Å². The fourth-order valence-electron chi connectivity index (χ4n) is 2.55. The molecule has 0 aliphatic heterocycles. The molecule has 0 spiro atoms. The summed E-state index contributed by atoms with van der Waals surface area (Å²) in [5.41, 5.74) is 6.27. The van der Waals surface area contributed by atoms with E-state index < -0.39 is 5.41 Å². The standard InChI is InChI=1S/C17H27NO2/c1-3-5-6-10-13-17(14-18,16(19)20-4-2)15-11-8-7-9-12-15/h7-9,11-12H,3-6,10,13-14,18H2,1-2H3. The van der Waals surface area contributed by atoms with Crippen LogP contribution in [0.5, 0.6) is 0 Å². The van der Waals surface area contributed by atoms with E-state index in [-0.39, 0.29) is 5.97 Å². The largest absolute Gasteiger partial charge is 0.465 e. The minimum Gasteiger partial charge on any atom is -0.465 e. The van der Waals surface area contributed by atoms with Gasteiger partial charge in [-0.1, -0.05) is 62.9 Å². The fraction of sp³-hybridized carbons (Fsp3) is 0.588. The van der Waals surface area contributed by atoms with Crippen LogP contribution in [0.4, 0.5) is 0 Å². The minimum absolute atomic E-state index is 0.190. The summed E-state index contributed by atoms with van der Waals surface area (Å²) < 4.78 is 5.29. The van der Waals surface area contributed by atoms with Crippen molar-refractivity contribution in [1.29, 1.82) is 0 Å². The van der Waals surface area contributed by atoms with Crippen LogP contribution in [-0.2, 0) is 14.9 Å². The molecule has 1 unspecified atom stereocenters. The molecule has 1 rings (SSSR count). The van der Waals surface area contributed by atoms with E-state index in [1.54, 1.807) is 0 Å². The van der Waals surface area contributed by atoms with Crippen molar-refractivity contribution in [2.75, 3.05) is 13.2 Å². The molecule has 0 aliphatic rings. The number of esters is 1. The molecular formula is C17H27NO2. The molecule has 3 nitrogen and oxygen atoms in total. The number of unbranched alkanes of at least 4 members (excludes halogenated alkanes) is 3. The summed E-state index contributed by atoms with van der Waals surface area (Å²) in [4.78, 5) is 12.5. The number of ether oxygens (including phenoxy) is 1. The van der Waals surface area contributed by atoms with Crippen molar-refractivity contribution in [1.82, 2.24) is 0 Å². The summed E-state index contributed by atoms with van der Waals surface area (Å²) in [5.74, 6) is -0.190. The van der Waals surface area contributed by atoms with Gasteiger partial charge in [0.05, 0.1) is 6.61 Å². The monoisotopic (exact) mass is 277 g/mol. The normalized spacial score (nSPS) is 13.8. The first-order valence-corrected chi connectivity index (χ1v) is 7.64. The maximum atomic E-state index is 12.5. The van der Waals surface area contributed by atoms with Crippen molar-refractivity contribution in [2.45, 2.75) is 51.4 Å². The predicted molar refractivity (Wildman–Crippen MR) is 82.6 cm³/mol. The lowest BCUT2D eigenvalue weighted by atomic mass is 9.76. The van der Waals surface area contributed by atoms with Gasteiger partial charge in [0.25, 0.3) is 0 Å². The third kappa shape index (κ3) is 4.07. The molecule has 0 saturated heterocycles. The van der Waals surface area contributed by atoms with Crippen molar-refractivity contribution in [2.24, 2.45) is 5.73 Å². The van der Waals surface area contributed by atoms with Crippen LogP contribution in [0, 0.1) is 0 Å². The Morgan fingerprint density at radius 2 is 1.85 bits per heavy atom. The predicted octanol–water partition coefficient (Wildman–Crippen LogP) is 3.42. The van der Waals surface area contributed by atoms with E-state index in [4.69, 9.17) is 10.5 Å². The first kappa shape index (κ1) is 16.7. The second kappa shape index (κ2) is 8.75. The lowest BCUT2D eigenvalue weighted by Crippen LogP contribution is -2.44. The summed E-state index contributed by atoms with van der Waals surface area (Å²) in [6.45, 7) is 4.70. The number of hydrogen-bond donors (Lipinski definition) is 1. The van der Waals surface area contributed by atoms with Gasteiger partial charge in [0, 0.05) is 6.54 Å². The molecule has 1 aromatic carbocycles. The number of carbonyl (C=O) groups excluding carboxylic acids is 1. The van der Waals surface area contributed by atoms with Gasteiger partial charge in [0.1, 0.15) is 5.41 Å². The van der Waals surface area contributed by atoms with Crippen molar-refractivity contribution in [3.63, 3.8) is 0 Å². The smallest absolute Gasteiger partial charge is 0.317 e. The van der Waals surface area contributed by atoms with Gasteiger partial charge in [-0.15, -0.1) is 0 Å². The molecule has 1 atom stereocenters. The van der Waals surface area contributed by atoms with E-state index in [1.807, 2.05) is 37.3 Å². The summed E-state index contributed by atoms with van der Waals surface area (Å²) in [6.07, 6.45) is 5.26. The number of nitrogens with two attached hydrogens (primary N) is 1. The Balaban J connectivity index is 2.94. The SMILES string of the molecule is CCCCCCC(CN)(C(=O)OCC)c1ccccc1. The van der Waals surface area contributed by atoms with Crippen LogP contribution >= 0.6 is 0 Å². The lowest BCUT2D eigenvalue weighted by molar-refractivity contribution is -0.150. The number of carbonyl (C=O) groups is 1. The maximum Gasteiger partial charge on any atom is 0.317 e. The van der Waals surface area contributed by atoms with E-state index in [1.165, 1.54) is 12.8 Å². The van der Waals surface area contributed by atoms with E-state index in [9.17, 15) is 4.79 Å². The molecule has 112 valence electrons. The number of rotatable bonds is 9. The molecule has 0 aliphatic carbocycles. The number of hydrogen-bond acceptors (Lipinski definition) is 3. The molecule has 0 radical (unpaired) electrons.